The van der Waals surface area contributed by atoms with Crippen LogP contribution in [0.15, 0.2) is 36.4 Å². The van der Waals surface area contributed by atoms with Crippen LogP contribution < -0.4 is 0 Å². The number of fused-ring (bicyclic) bond motifs is 1. The predicted molar refractivity (Wildman–Crippen MR) is 68.8 cm³/mol. The van der Waals surface area contributed by atoms with Crippen LogP contribution in [0.4, 0.5) is 8.78 Å². The molecule has 0 heterocycles. The molecule has 3 heteroatoms. The van der Waals surface area contributed by atoms with Crippen molar-refractivity contribution in [2.75, 3.05) is 0 Å². The molecule has 19 heavy (non-hydrogen) atoms. The van der Waals surface area contributed by atoms with Gasteiger partial charge in [-0.15, -0.1) is 0 Å². The Hall–Kier alpha value is -1.74. The van der Waals surface area contributed by atoms with Gasteiger partial charge in [-0.1, -0.05) is 30.3 Å². The lowest BCUT2D eigenvalue weighted by atomic mass is 9.88. The first-order valence-electron chi connectivity index (χ1n) is 6.25. The van der Waals surface area contributed by atoms with E-state index in [1.165, 1.54) is 12.1 Å². The third-order valence-electron chi connectivity index (χ3n) is 3.83. The fourth-order valence-corrected chi connectivity index (χ4v) is 2.86. The maximum Gasteiger partial charge on any atom is 0.135 e. The summed E-state index contributed by atoms with van der Waals surface area (Å²) in [5, 5.41) is 10.7. The second kappa shape index (κ2) is 4.14. The van der Waals surface area contributed by atoms with Crippen molar-refractivity contribution < 1.29 is 13.9 Å². The highest BCUT2D eigenvalue weighted by atomic mass is 19.1. The van der Waals surface area contributed by atoms with Crippen LogP contribution in [0.1, 0.15) is 22.3 Å². The molecule has 0 aromatic heterocycles. The minimum absolute atomic E-state index is 0.205. The summed E-state index contributed by atoms with van der Waals surface area (Å²) in [6.45, 7) is 1.57. The highest BCUT2D eigenvalue weighted by molar-refractivity contribution is 5.42. The predicted octanol–water partition coefficient (Wildman–Crippen LogP) is 3.26. The Morgan fingerprint density at radius 3 is 2.16 bits per heavy atom. The van der Waals surface area contributed by atoms with E-state index in [0.29, 0.717) is 5.56 Å². The van der Waals surface area contributed by atoms with E-state index in [4.69, 9.17) is 0 Å². The maximum atomic E-state index is 14.2. The summed E-state index contributed by atoms with van der Waals surface area (Å²) in [4.78, 5) is 0. The molecular weight excluding hydrogens is 246 g/mol. The SMILES string of the molecule is Cc1ccc(F)c(C2(O)Cc3ccccc3C2)c1F. The minimum Gasteiger partial charge on any atom is -0.384 e. The molecule has 2 aromatic carbocycles. The van der Waals surface area contributed by atoms with Gasteiger partial charge < -0.3 is 5.11 Å². The number of hydrogen-bond acceptors (Lipinski definition) is 1. The molecule has 0 saturated carbocycles. The summed E-state index contributed by atoms with van der Waals surface area (Å²) < 4.78 is 28.1. The molecule has 1 aliphatic rings. The van der Waals surface area contributed by atoms with Gasteiger partial charge in [0.2, 0.25) is 0 Å². The molecule has 3 rings (SSSR count). The van der Waals surface area contributed by atoms with Crippen molar-refractivity contribution in [2.24, 2.45) is 0 Å². The molecule has 0 spiro atoms. The standard InChI is InChI=1S/C16H14F2O/c1-10-6-7-13(17)14(15(10)18)16(19)8-11-4-2-3-5-12(11)9-16/h2-7,19H,8-9H2,1H3. The lowest BCUT2D eigenvalue weighted by Crippen LogP contribution is -2.29. The number of hydrogen-bond donors (Lipinski definition) is 1. The third-order valence-corrected chi connectivity index (χ3v) is 3.83. The summed E-state index contributed by atoms with van der Waals surface area (Å²) in [6.07, 6.45) is 0.501. The van der Waals surface area contributed by atoms with E-state index in [1.807, 2.05) is 24.3 Å². The number of benzene rings is 2. The molecule has 1 aliphatic carbocycles. The van der Waals surface area contributed by atoms with Crippen LogP contribution in [-0.2, 0) is 18.4 Å². The Bertz CT molecular complexity index is 624. The van der Waals surface area contributed by atoms with Gasteiger partial charge in [0, 0.05) is 12.8 Å². The average molecular weight is 260 g/mol. The molecular formula is C16H14F2O. The Labute approximate surface area is 110 Å². The van der Waals surface area contributed by atoms with Gasteiger partial charge in [0.25, 0.3) is 0 Å². The fraction of sp³-hybridized carbons (Fsp3) is 0.250. The molecule has 0 radical (unpaired) electrons. The molecule has 0 unspecified atom stereocenters. The number of rotatable bonds is 1. The summed E-state index contributed by atoms with van der Waals surface area (Å²) in [6, 6.07) is 10.1. The van der Waals surface area contributed by atoms with Crippen LogP contribution in [0, 0.1) is 18.6 Å². The van der Waals surface area contributed by atoms with Gasteiger partial charge in [0.1, 0.15) is 17.2 Å². The number of aliphatic hydroxyl groups is 1. The second-order valence-electron chi connectivity index (χ2n) is 5.21. The summed E-state index contributed by atoms with van der Waals surface area (Å²) in [5.41, 5.74) is 0.559. The number of halogens is 2. The molecule has 0 atom stereocenters. The Balaban J connectivity index is 2.12. The summed E-state index contributed by atoms with van der Waals surface area (Å²) in [7, 11) is 0. The Kier molecular flexibility index (Phi) is 2.68. The first-order valence-corrected chi connectivity index (χ1v) is 6.25. The van der Waals surface area contributed by atoms with Gasteiger partial charge in [0.15, 0.2) is 0 Å². The van der Waals surface area contributed by atoms with Crippen molar-refractivity contribution in [1.29, 1.82) is 0 Å². The fourth-order valence-electron chi connectivity index (χ4n) is 2.86. The maximum absolute atomic E-state index is 14.2. The molecule has 1 nitrogen and oxygen atoms in total. The molecule has 0 amide bonds. The van der Waals surface area contributed by atoms with Crippen LogP contribution in [0.3, 0.4) is 0 Å². The van der Waals surface area contributed by atoms with E-state index in [1.54, 1.807) is 6.92 Å². The lowest BCUT2D eigenvalue weighted by Gasteiger charge is -2.24. The zero-order chi connectivity index (χ0) is 13.6. The van der Waals surface area contributed by atoms with Gasteiger partial charge >= 0.3 is 0 Å². The summed E-state index contributed by atoms with van der Waals surface area (Å²) in [5.74, 6) is -1.33. The van der Waals surface area contributed by atoms with Gasteiger partial charge in [0.05, 0.1) is 5.56 Å². The minimum atomic E-state index is -1.48. The van der Waals surface area contributed by atoms with Gasteiger partial charge in [-0.05, 0) is 29.7 Å². The Morgan fingerprint density at radius 1 is 1.00 bits per heavy atom. The smallest absolute Gasteiger partial charge is 0.135 e. The second-order valence-corrected chi connectivity index (χ2v) is 5.21. The number of aryl methyl sites for hydroxylation is 1. The van der Waals surface area contributed by atoms with Crippen LogP contribution in [-0.4, -0.2) is 5.11 Å². The van der Waals surface area contributed by atoms with Gasteiger partial charge in [-0.25, -0.2) is 8.78 Å². The normalized spacial score (nSPS) is 16.4. The molecule has 0 saturated heterocycles. The molecule has 0 fully saturated rings. The zero-order valence-corrected chi connectivity index (χ0v) is 10.6. The highest BCUT2D eigenvalue weighted by Gasteiger charge is 2.41. The highest BCUT2D eigenvalue weighted by Crippen LogP contribution is 2.40. The molecule has 1 N–H and O–H groups in total. The van der Waals surface area contributed by atoms with Crippen molar-refractivity contribution in [3.8, 4) is 0 Å². The average Bonchev–Trinajstić information content (AvgIpc) is 2.71. The quantitative estimate of drug-likeness (QED) is 0.834. The molecule has 0 bridgehead atoms. The van der Waals surface area contributed by atoms with Crippen molar-refractivity contribution in [1.82, 2.24) is 0 Å². The molecule has 2 aromatic rings. The van der Waals surface area contributed by atoms with Crippen molar-refractivity contribution >= 4 is 0 Å². The van der Waals surface area contributed by atoms with E-state index in [9.17, 15) is 13.9 Å². The largest absolute Gasteiger partial charge is 0.384 e. The monoisotopic (exact) mass is 260 g/mol. The van der Waals surface area contributed by atoms with Crippen molar-refractivity contribution in [3.05, 3.63) is 70.3 Å². The lowest BCUT2D eigenvalue weighted by molar-refractivity contribution is 0.0404. The van der Waals surface area contributed by atoms with Crippen molar-refractivity contribution in [2.45, 2.75) is 25.4 Å². The van der Waals surface area contributed by atoms with E-state index >= 15 is 0 Å². The van der Waals surface area contributed by atoms with Crippen LogP contribution in [0.2, 0.25) is 0 Å². The third kappa shape index (κ3) is 1.85. The zero-order valence-electron chi connectivity index (χ0n) is 10.6. The molecule has 98 valence electrons. The van der Waals surface area contributed by atoms with E-state index < -0.39 is 17.2 Å². The van der Waals surface area contributed by atoms with E-state index in [0.717, 1.165) is 11.1 Å². The van der Waals surface area contributed by atoms with Crippen molar-refractivity contribution in [3.63, 3.8) is 0 Å². The van der Waals surface area contributed by atoms with Crippen LogP contribution in [0.25, 0.3) is 0 Å². The first kappa shape index (κ1) is 12.3. The summed E-state index contributed by atoms with van der Waals surface area (Å²) >= 11 is 0. The van der Waals surface area contributed by atoms with Crippen LogP contribution >= 0.6 is 0 Å². The Morgan fingerprint density at radius 2 is 1.58 bits per heavy atom. The topological polar surface area (TPSA) is 20.2 Å². The van der Waals surface area contributed by atoms with E-state index in [-0.39, 0.29) is 18.4 Å². The van der Waals surface area contributed by atoms with E-state index in [2.05, 4.69) is 0 Å². The van der Waals surface area contributed by atoms with Gasteiger partial charge in [-0.3, -0.25) is 0 Å². The first-order chi connectivity index (χ1) is 9.01. The van der Waals surface area contributed by atoms with Crippen LogP contribution in [0.5, 0.6) is 0 Å². The molecule has 0 aliphatic heterocycles. The van der Waals surface area contributed by atoms with Gasteiger partial charge in [-0.2, -0.15) is 0 Å².